The molecule has 1 unspecified atom stereocenters. The fraction of sp³-hybridized carbons (Fsp3) is 0.643. The van der Waals surface area contributed by atoms with Gasteiger partial charge in [0.05, 0.1) is 11.8 Å². The lowest BCUT2D eigenvalue weighted by Gasteiger charge is -2.39. The second kappa shape index (κ2) is 6.44. The minimum Gasteiger partial charge on any atom is -0.469 e. The molecule has 19 heavy (non-hydrogen) atoms. The van der Waals surface area contributed by atoms with Crippen molar-refractivity contribution in [2.24, 2.45) is 5.41 Å². The average molecular weight is 287 g/mol. The van der Waals surface area contributed by atoms with Crippen molar-refractivity contribution < 1.29 is 9.21 Å². The first-order chi connectivity index (χ1) is 8.50. The topological polar surface area (TPSA) is 54.3 Å². The molecule has 0 saturated carbocycles. The van der Waals surface area contributed by atoms with E-state index in [0.717, 1.165) is 6.54 Å². The van der Waals surface area contributed by atoms with E-state index in [1.807, 2.05) is 0 Å². The molecule has 1 fully saturated rings. The van der Waals surface area contributed by atoms with Gasteiger partial charge < -0.3 is 15.1 Å². The Labute approximate surface area is 120 Å². The van der Waals surface area contributed by atoms with Crippen molar-refractivity contribution in [1.29, 1.82) is 0 Å². The zero-order valence-corrected chi connectivity index (χ0v) is 12.6. The van der Waals surface area contributed by atoms with E-state index in [1.54, 1.807) is 19.3 Å². The molecular weight excluding hydrogens is 264 g/mol. The number of rotatable bonds is 3. The number of carbonyl (C=O) groups excluding carboxylic acids is 1. The highest BCUT2D eigenvalue weighted by molar-refractivity contribution is 5.95. The number of hydrogen-bond donors (Lipinski definition) is 2. The quantitative estimate of drug-likeness (QED) is 0.898. The predicted molar refractivity (Wildman–Crippen MR) is 77.8 cm³/mol. The number of aryl methyl sites for hydroxylation is 1. The van der Waals surface area contributed by atoms with Crippen LogP contribution in [0.15, 0.2) is 16.7 Å². The minimum absolute atomic E-state index is 0. The Kier molecular flexibility index (Phi) is 5.44. The van der Waals surface area contributed by atoms with Gasteiger partial charge in [-0.3, -0.25) is 4.79 Å². The number of amides is 1. The van der Waals surface area contributed by atoms with E-state index in [4.69, 9.17) is 4.42 Å². The minimum atomic E-state index is -0.0515. The Hall–Kier alpha value is -1.00. The number of piperidine rings is 1. The van der Waals surface area contributed by atoms with E-state index in [1.165, 1.54) is 12.8 Å². The smallest absolute Gasteiger partial charge is 0.254 e. The van der Waals surface area contributed by atoms with E-state index in [9.17, 15) is 4.79 Å². The normalized spacial score (nSPS) is 21.5. The Bertz CT molecular complexity index is 429. The molecule has 0 bridgehead atoms. The van der Waals surface area contributed by atoms with Gasteiger partial charge in [0.25, 0.3) is 5.91 Å². The van der Waals surface area contributed by atoms with Gasteiger partial charge in [0.2, 0.25) is 0 Å². The van der Waals surface area contributed by atoms with E-state index in [0.29, 0.717) is 23.9 Å². The van der Waals surface area contributed by atoms with Crippen molar-refractivity contribution in [3.8, 4) is 0 Å². The number of furan rings is 1. The zero-order chi connectivity index (χ0) is 13.2. The lowest BCUT2D eigenvalue weighted by Crippen LogP contribution is -2.52. The van der Waals surface area contributed by atoms with Crippen LogP contribution < -0.4 is 10.6 Å². The number of nitrogens with one attached hydrogen (secondary N) is 2. The van der Waals surface area contributed by atoms with Gasteiger partial charge in [-0.05, 0) is 37.8 Å². The molecule has 2 N–H and O–H groups in total. The SMILES string of the molecule is Cc1occc1C(=O)NCC1NCCCC1(C)C.Cl. The lowest BCUT2D eigenvalue weighted by atomic mass is 9.77. The second-order valence-corrected chi connectivity index (χ2v) is 5.70. The summed E-state index contributed by atoms with van der Waals surface area (Å²) in [7, 11) is 0. The van der Waals surface area contributed by atoms with Crippen LogP contribution in [0.3, 0.4) is 0 Å². The monoisotopic (exact) mass is 286 g/mol. The van der Waals surface area contributed by atoms with E-state index < -0.39 is 0 Å². The van der Waals surface area contributed by atoms with E-state index >= 15 is 0 Å². The van der Waals surface area contributed by atoms with Gasteiger partial charge in [0.15, 0.2) is 0 Å². The van der Waals surface area contributed by atoms with Crippen molar-refractivity contribution >= 4 is 18.3 Å². The number of hydrogen-bond acceptors (Lipinski definition) is 3. The molecule has 1 aliphatic heterocycles. The Morgan fingerprint density at radius 3 is 2.89 bits per heavy atom. The second-order valence-electron chi connectivity index (χ2n) is 5.70. The summed E-state index contributed by atoms with van der Waals surface area (Å²) in [6.07, 6.45) is 3.95. The zero-order valence-electron chi connectivity index (χ0n) is 11.8. The van der Waals surface area contributed by atoms with Crippen LogP contribution in [0.25, 0.3) is 0 Å². The molecule has 1 atom stereocenters. The number of halogens is 1. The van der Waals surface area contributed by atoms with Gasteiger partial charge >= 0.3 is 0 Å². The van der Waals surface area contributed by atoms with Gasteiger partial charge in [-0.15, -0.1) is 12.4 Å². The van der Waals surface area contributed by atoms with Crippen LogP contribution >= 0.6 is 12.4 Å². The third-order valence-electron chi connectivity index (χ3n) is 3.90. The van der Waals surface area contributed by atoms with Crippen LogP contribution in [0.5, 0.6) is 0 Å². The summed E-state index contributed by atoms with van der Waals surface area (Å²) in [4.78, 5) is 12.0. The fourth-order valence-electron chi connectivity index (χ4n) is 2.53. The molecule has 0 spiro atoms. The summed E-state index contributed by atoms with van der Waals surface area (Å²) in [5.74, 6) is 0.618. The van der Waals surface area contributed by atoms with Gasteiger partial charge in [0, 0.05) is 12.6 Å². The molecule has 2 rings (SSSR count). The summed E-state index contributed by atoms with van der Waals surface area (Å²) >= 11 is 0. The highest BCUT2D eigenvalue weighted by Crippen LogP contribution is 2.29. The Morgan fingerprint density at radius 1 is 1.58 bits per heavy atom. The summed E-state index contributed by atoms with van der Waals surface area (Å²) in [6, 6.07) is 2.05. The standard InChI is InChI=1S/C14H22N2O2.ClH/c1-10-11(5-8-18-10)13(17)16-9-12-14(2,3)6-4-7-15-12;/h5,8,12,15H,4,6-7,9H2,1-3H3,(H,16,17);1H. The highest BCUT2D eigenvalue weighted by Gasteiger charge is 2.32. The number of carbonyl (C=O) groups is 1. The van der Waals surface area contributed by atoms with Crippen LogP contribution in [-0.4, -0.2) is 25.0 Å². The molecule has 4 nitrogen and oxygen atoms in total. The third-order valence-corrected chi connectivity index (χ3v) is 3.90. The van der Waals surface area contributed by atoms with E-state index in [-0.39, 0.29) is 23.7 Å². The van der Waals surface area contributed by atoms with Crippen LogP contribution in [-0.2, 0) is 0 Å². The van der Waals surface area contributed by atoms with Crippen molar-refractivity contribution in [3.05, 3.63) is 23.7 Å². The maximum atomic E-state index is 12.0. The van der Waals surface area contributed by atoms with Crippen LogP contribution in [0.4, 0.5) is 0 Å². The molecule has 5 heteroatoms. The molecular formula is C14H23ClN2O2. The van der Waals surface area contributed by atoms with Gasteiger partial charge in [-0.2, -0.15) is 0 Å². The molecule has 1 aliphatic rings. The van der Waals surface area contributed by atoms with Gasteiger partial charge in [0.1, 0.15) is 5.76 Å². The fourth-order valence-corrected chi connectivity index (χ4v) is 2.53. The molecule has 2 heterocycles. The first-order valence-corrected chi connectivity index (χ1v) is 6.56. The molecule has 1 aromatic heterocycles. The van der Waals surface area contributed by atoms with Crippen LogP contribution in [0.1, 0.15) is 42.8 Å². The average Bonchev–Trinajstić information content (AvgIpc) is 2.73. The molecule has 0 aromatic carbocycles. The summed E-state index contributed by atoms with van der Waals surface area (Å²) in [5, 5.41) is 6.48. The molecule has 1 saturated heterocycles. The van der Waals surface area contributed by atoms with Crippen molar-refractivity contribution in [2.75, 3.05) is 13.1 Å². The summed E-state index contributed by atoms with van der Waals surface area (Å²) < 4.78 is 5.14. The first-order valence-electron chi connectivity index (χ1n) is 6.56. The molecule has 108 valence electrons. The maximum Gasteiger partial charge on any atom is 0.254 e. The molecule has 1 aromatic rings. The maximum absolute atomic E-state index is 12.0. The largest absolute Gasteiger partial charge is 0.469 e. The highest BCUT2D eigenvalue weighted by atomic mass is 35.5. The van der Waals surface area contributed by atoms with Crippen molar-refractivity contribution in [1.82, 2.24) is 10.6 Å². The summed E-state index contributed by atoms with van der Waals surface area (Å²) in [5.41, 5.74) is 0.861. The summed E-state index contributed by atoms with van der Waals surface area (Å²) in [6.45, 7) is 8.00. The first kappa shape index (κ1) is 16.1. The van der Waals surface area contributed by atoms with Crippen LogP contribution in [0, 0.1) is 12.3 Å². The van der Waals surface area contributed by atoms with Crippen LogP contribution in [0.2, 0.25) is 0 Å². The van der Waals surface area contributed by atoms with Crippen molar-refractivity contribution in [2.45, 2.75) is 39.7 Å². The Balaban J connectivity index is 0.00000180. The van der Waals surface area contributed by atoms with Crippen molar-refractivity contribution in [3.63, 3.8) is 0 Å². The third kappa shape index (κ3) is 3.74. The van der Waals surface area contributed by atoms with Gasteiger partial charge in [-0.25, -0.2) is 0 Å². The van der Waals surface area contributed by atoms with E-state index in [2.05, 4.69) is 24.5 Å². The lowest BCUT2D eigenvalue weighted by molar-refractivity contribution is 0.0927. The van der Waals surface area contributed by atoms with Gasteiger partial charge in [-0.1, -0.05) is 13.8 Å². The predicted octanol–water partition coefficient (Wildman–Crippen LogP) is 2.52. The molecule has 0 radical (unpaired) electrons. The molecule has 1 amide bonds. The molecule has 0 aliphatic carbocycles. The Morgan fingerprint density at radius 2 is 2.32 bits per heavy atom.